The first-order valence-electron chi connectivity index (χ1n) is 3.94. The molecule has 2 aromatic carbocycles. The lowest BCUT2D eigenvalue weighted by Crippen LogP contribution is -1.82. The highest BCUT2D eigenvalue weighted by Crippen LogP contribution is 2.20. The van der Waals surface area contributed by atoms with Crippen LogP contribution >= 0.6 is 0 Å². The van der Waals surface area contributed by atoms with Crippen molar-refractivity contribution in [2.24, 2.45) is 0 Å². The van der Waals surface area contributed by atoms with Gasteiger partial charge in [0.05, 0.1) is 0 Å². The predicted molar refractivity (Wildman–Crippen MR) is 51.9 cm³/mol. The van der Waals surface area contributed by atoms with Gasteiger partial charge in [0, 0.05) is 5.69 Å². The van der Waals surface area contributed by atoms with Crippen molar-refractivity contribution < 1.29 is 0 Å². The predicted octanol–water partition coefficient (Wildman–Crippen LogP) is 2.65. The Hall–Kier alpha value is -1.63. The van der Waals surface area contributed by atoms with Gasteiger partial charge in [0.25, 0.3) is 0 Å². The van der Waals surface area contributed by atoms with Gasteiger partial charge in [-0.3, -0.25) is 0 Å². The normalized spacial score (nSPS) is 10.0. The lowest BCUT2D eigenvalue weighted by molar-refractivity contribution is 1.66. The van der Waals surface area contributed by atoms with E-state index in [0.717, 1.165) is 5.69 Å². The largest absolute Gasteiger partial charge is 0.400 e. The Morgan fingerprint density at radius 2 is 1.50 bits per heavy atom. The fourth-order valence-electron chi connectivity index (χ4n) is 1.24. The lowest BCUT2D eigenvalue weighted by Gasteiger charge is -2.04. The van der Waals surface area contributed by atoms with E-state index in [1.54, 1.807) is 0 Å². The summed E-state index contributed by atoms with van der Waals surface area (Å²) in [5.74, 6) is 0. The van der Waals surface area contributed by atoms with Crippen LogP contribution in [0.25, 0.3) is 11.1 Å². The number of anilines is 1. The highest BCUT2D eigenvalue weighted by Gasteiger charge is 1.87. The summed E-state index contributed by atoms with van der Waals surface area (Å²) in [5.41, 5.74) is 8.85. The first kappa shape index (κ1) is 7.04. The van der Waals surface area contributed by atoms with Gasteiger partial charge >= 0.3 is 0 Å². The van der Waals surface area contributed by atoms with Gasteiger partial charge in [0.15, 0.2) is 0 Å². The molecule has 0 saturated carbocycles. The first-order chi connectivity index (χ1) is 5.86. The van der Waals surface area contributed by atoms with Crippen LogP contribution in [0.15, 0.2) is 48.5 Å². The second-order valence-electron chi connectivity index (χ2n) is 2.80. The molecule has 0 aromatic heterocycles. The van der Waals surface area contributed by atoms with Gasteiger partial charge in [-0.1, -0.05) is 17.7 Å². The Kier molecular flexibility index (Phi) is 1.63. The third kappa shape index (κ3) is 1.21. The van der Waals surface area contributed by atoms with Gasteiger partial charge in [0.2, 0.25) is 0 Å². The Morgan fingerprint density at radius 1 is 0.917 bits per heavy atom. The number of nitrogens with two attached hydrogens (primary N) is 1. The van der Waals surface area contributed by atoms with E-state index in [0.29, 0.717) is 0 Å². The molecule has 60 valence electrons. The summed E-state index contributed by atoms with van der Waals surface area (Å²) < 4.78 is 0. The minimum Gasteiger partial charge on any atom is -0.400 e. The van der Waals surface area contributed by atoms with Crippen molar-refractivity contribution >= 4 is 5.69 Å². The van der Waals surface area contributed by atoms with Crippen LogP contribution in [0, 0.1) is 0 Å². The maximum absolute atomic E-state index is 5.58. The minimum absolute atomic E-state index is 0.810. The maximum atomic E-state index is 5.58. The molecule has 0 aliphatic rings. The Bertz CT molecular complexity index is 343. The summed E-state index contributed by atoms with van der Waals surface area (Å²) in [6, 6.07) is 16.1. The van der Waals surface area contributed by atoms with Crippen molar-refractivity contribution in [1.82, 2.24) is 0 Å². The highest BCUT2D eigenvalue weighted by atomic mass is 14.5. The van der Waals surface area contributed by atoms with E-state index < -0.39 is 0 Å². The van der Waals surface area contributed by atoms with Gasteiger partial charge in [-0.25, -0.2) is 0 Å². The SMILES string of the molecule is Nc1ccc(-[c-]2cccc2)cc1. The van der Waals surface area contributed by atoms with Crippen molar-refractivity contribution in [3.05, 3.63) is 48.5 Å². The molecular formula is C11H10N-. The topological polar surface area (TPSA) is 26.0 Å². The zero-order valence-corrected chi connectivity index (χ0v) is 6.70. The van der Waals surface area contributed by atoms with Crippen molar-refractivity contribution in [2.75, 3.05) is 5.73 Å². The van der Waals surface area contributed by atoms with Gasteiger partial charge in [-0.05, 0) is 0 Å². The molecule has 0 radical (unpaired) electrons. The summed E-state index contributed by atoms with van der Waals surface area (Å²) >= 11 is 0. The molecule has 0 spiro atoms. The van der Waals surface area contributed by atoms with E-state index in [1.165, 1.54) is 11.1 Å². The Labute approximate surface area is 71.8 Å². The van der Waals surface area contributed by atoms with Crippen LogP contribution in [0.1, 0.15) is 0 Å². The summed E-state index contributed by atoms with van der Waals surface area (Å²) in [5, 5.41) is 0. The minimum atomic E-state index is 0.810. The molecule has 1 nitrogen and oxygen atoms in total. The van der Waals surface area contributed by atoms with Crippen LogP contribution in [0.3, 0.4) is 0 Å². The van der Waals surface area contributed by atoms with Gasteiger partial charge in [-0.15, -0.1) is 29.8 Å². The highest BCUT2D eigenvalue weighted by molar-refractivity contribution is 5.65. The average molecular weight is 156 g/mol. The van der Waals surface area contributed by atoms with Gasteiger partial charge in [0.1, 0.15) is 0 Å². The second kappa shape index (κ2) is 2.78. The van der Waals surface area contributed by atoms with E-state index in [9.17, 15) is 0 Å². The van der Waals surface area contributed by atoms with Crippen molar-refractivity contribution in [2.45, 2.75) is 0 Å². The molecule has 2 aromatic rings. The van der Waals surface area contributed by atoms with Crippen molar-refractivity contribution in [3.8, 4) is 11.1 Å². The quantitative estimate of drug-likeness (QED) is 0.498. The summed E-state index contributed by atoms with van der Waals surface area (Å²) in [4.78, 5) is 0. The lowest BCUT2D eigenvalue weighted by atomic mass is 10.1. The smallest absolute Gasteiger partial charge is 0.0163 e. The molecule has 0 aliphatic heterocycles. The van der Waals surface area contributed by atoms with E-state index in [1.807, 2.05) is 36.4 Å². The molecule has 1 heteroatoms. The molecule has 12 heavy (non-hydrogen) atoms. The van der Waals surface area contributed by atoms with Crippen LogP contribution in [0.5, 0.6) is 0 Å². The average Bonchev–Trinajstić information content (AvgIpc) is 2.58. The fraction of sp³-hybridized carbons (Fsp3) is 0. The van der Waals surface area contributed by atoms with Crippen LogP contribution in [-0.2, 0) is 0 Å². The second-order valence-corrected chi connectivity index (χ2v) is 2.80. The molecular weight excluding hydrogens is 146 g/mol. The number of benzene rings is 1. The molecule has 2 N–H and O–H groups in total. The van der Waals surface area contributed by atoms with Gasteiger partial charge < -0.3 is 5.73 Å². The van der Waals surface area contributed by atoms with Crippen LogP contribution in [0.2, 0.25) is 0 Å². The van der Waals surface area contributed by atoms with E-state index >= 15 is 0 Å². The van der Waals surface area contributed by atoms with E-state index in [4.69, 9.17) is 5.73 Å². The third-order valence-corrected chi connectivity index (χ3v) is 1.91. The van der Waals surface area contributed by atoms with E-state index in [-0.39, 0.29) is 0 Å². The van der Waals surface area contributed by atoms with Crippen LogP contribution < -0.4 is 5.73 Å². The monoisotopic (exact) mass is 156 g/mol. The number of nitrogen functional groups attached to an aromatic ring is 1. The molecule has 0 saturated heterocycles. The number of rotatable bonds is 1. The fourth-order valence-corrected chi connectivity index (χ4v) is 1.24. The molecule has 0 unspecified atom stereocenters. The molecule has 0 bridgehead atoms. The zero-order valence-electron chi connectivity index (χ0n) is 6.70. The standard InChI is InChI=1S/C11H10N/c12-11-7-5-10(6-8-11)9-3-1-2-4-9/h1-8H,12H2/q-1. The first-order valence-corrected chi connectivity index (χ1v) is 3.94. The number of hydrogen-bond acceptors (Lipinski definition) is 1. The molecule has 0 atom stereocenters. The summed E-state index contributed by atoms with van der Waals surface area (Å²) in [6.45, 7) is 0. The van der Waals surface area contributed by atoms with E-state index in [2.05, 4.69) is 12.1 Å². The molecule has 0 aliphatic carbocycles. The molecule has 0 amide bonds. The third-order valence-electron chi connectivity index (χ3n) is 1.91. The van der Waals surface area contributed by atoms with Gasteiger partial charge in [-0.2, -0.15) is 12.1 Å². The summed E-state index contributed by atoms with van der Waals surface area (Å²) in [7, 11) is 0. The van der Waals surface area contributed by atoms with Crippen LogP contribution in [-0.4, -0.2) is 0 Å². The van der Waals surface area contributed by atoms with Crippen molar-refractivity contribution in [1.29, 1.82) is 0 Å². The molecule has 2 rings (SSSR count). The molecule has 0 heterocycles. The summed E-state index contributed by atoms with van der Waals surface area (Å²) in [6.07, 6.45) is 0. The Morgan fingerprint density at radius 3 is 2.08 bits per heavy atom. The van der Waals surface area contributed by atoms with Crippen molar-refractivity contribution in [3.63, 3.8) is 0 Å². The Balaban J connectivity index is 2.43. The number of hydrogen-bond donors (Lipinski definition) is 1. The molecule has 0 fully saturated rings. The zero-order chi connectivity index (χ0) is 8.39. The maximum Gasteiger partial charge on any atom is 0.0163 e. The van der Waals surface area contributed by atoms with Crippen LogP contribution in [0.4, 0.5) is 5.69 Å².